The van der Waals surface area contributed by atoms with Gasteiger partial charge in [0, 0.05) is 17.9 Å². The topological polar surface area (TPSA) is 84.0 Å². The van der Waals surface area contributed by atoms with Crippen LogP contribution in [0.25, 0.3) is 5.69 Å². The number of amides is 1. The van der Waals surface area contributed by atoms with Crippen molar-refractivity contribution in [1.82, 2.24) is 14.8 Å². The van der Waals surface area contributed by atoms with Crippen LogP contribution in [-0.2, 0) is 4.79 Å². The van der Waals surface area contributed by atoms with Crippen LogP contribution in [0.5, 0.6) is 5.75 Å². The molecule has 0 N–H and O–H groups in total. The summed E-state index contributed by atoms with van der Waals surface area (Å²) in [4.78, 5) is 14.6. The minimum absolute atomic E-state index is 0.0981. The molecule has 0 unspecified atom stereocenters. The lowest BCUT2D eigenvalue weighted by Crippen LogP contribution is -2.33. The molecule has 0 spiro atoms. The number of hydrogen-bond acceptors (Lipinski definition) is 6. The van der Waals surface area contributed by atoms with E-state index in [9.17, 15) is 4.79 Å². The molecule has 0 bridgehead atoms. The lowest BCUT2D eigenvalue weighted by Gasteiger charge is -2.22. The molecule has 1 amide bonds. The average Bonchev–Trinajstić information content (AvgIpc) is 3.24. The Bertz CT molecular complexity index is 1070. The summed E-state index contributed by atoms with van der Waals surface area (Å²) < 4.78 is 7.35. The molecule has 0 saturated carbocycles. The Hall–Kier alpha value is -3.31. The Morgan fingerprint density at radius 3 is 2.65 bits per heavy atom. The Kier molecular flexibility index (Phi) is 7.68. The fourth-order valence-electron chi connectivity index (χ4n) is 3.03. The summed E-state index contributed by atoms with van der Waals surface area (Å²) in [5.41, 5.74) is 4.08. The second-order valence-electron chi connectivity index (χ2n) is 6.92. The van der Waals surface area contributed by atoms with Crippen molar-refractivity contribution >= 4 is 23.4 Å². The van der Waals surface area contributed by atoms with Gasteiger partial charge in [-0.15, -0.1) is 10.2 Å². The van der Waals surface area contributed by atoms with Gasteiger partial charge < -0.3 is 9.64 Å². The largest absolute Gasteiger partial charge is 0.494 e. The normalized spacial score (nSPS) is 10.5. The van der Waals surface area contributed by atoms with E-state index in [2.05, 4.69) is 42.2 Å². The number of aryl methyl sites for hydroxylation is 2. The van der Waals surface area contributed by atoms with Gasteiger partial charge in [0.2, 0.25) is 5.91 Å². The van der Waals surface area contributed by atoms with Crippen LogP contribution in [0.1, 0.15) is 24.5 Å². The number of nitriles is 1. The molecule has 0 aliphatic rings. The van der Waals surface area contributed by atoms with Crippen molar-refractivity contribution in [3.8, 4) is 17.5 Å². The Labute approximate surface area is 186 Å². The molecule has 3 aromatic rings. The monoisotopic (exact) mass is 435 g/mol. The van der Waals surface area contributed by atoms with Crippen molar-refractivity contribution in [1.29, 1.82) is 5.26 Å². The molecule has 31 heavy (non-hydrogen) atoms. The Balaban J connectivity index is 1.73. The number of carbonyl (C=O) groups excluding carboxylic acids is 1. The highest BCUT2D eigenvalue weighted by molar-refractivity contribution is 7.99. The maximum absolute atomic E-state index is 13.0. The Morgan fingerprint density at radius 2 is 1.97 bits per heavy atom. The van der Waals surface area contributed by atoms with E-state index >= 15 is 0 Å². The Morgan fingerprint density at radius 1 is 1.19 bits per heavy atom. The van der Waals surface area contributed by atoms with Gasteiger partial charge in [-0.2, -0.15) is 5.26 Å². The van der Waals surface area contributed by atoms with Gasteiger partial charge in [0.15, 0.2) is 5.16 Å². The molecule has 7 nitrogen and oxygen atoms in total. The third-order valence-electron chi connectivity index (χ3n) is 4.82. The van der Waals surface area contributed by atoms with Gasteiger partial charge in [-0.05, 0) is 68.3 Å². The second-order valence-corrected chi connectivity index (χ2v) is 7.86. The quantitative estimate of drug-likeness (QED) is 0.466. The van der Waals surface area contributed by atoms with E-state index in [1.807, 2.05) is 41.8 Å². The first-order valence-electron chi connectivity index (χ1n) is 10.0. The number of thioether (sulfide) groups is 1. The SMILES string of the molecule is CCOc1ccc(N(CCC#N)C(=O)CSc2nncn2-c2ccc(C)c(C)c2)cc1. The maximum Gasteiger partial charge on any atom is 0.237 e. The third-order valence-corrected chi connectivity index (χ3v) is 5.75. The molecule has 1 heterocycles. The first-order valence-corrected chi connectivity index (χ1v) is 11.0. The van der Waals surface area contributed by atoms with E-state index < -0.39 is 0 Å². The fraction of sp³-hybridized carbons (Fsp3) is 0.304. The molecular weight excluding hydrogens is 410 g/mol. The van der Waals surface area contributed by atoms with Crippen LogP contribution >= 0.6 is 11.8 Å². The van der Waals surface area contributed by atoms with Crippen molar-refractivity contribution in [3.63, 3.8) is 0 Å². The molecule has 160 valence electrons. The maximum atomic E-state index is 13.0. The van der Waals surface area contributed by atoms with Crippen molar-refractivity contribution in [2.24, 2.45) is 0 Å². The molecule has 0 atom stereocenters. The fourth-order valence-corrected chi connectivity index (χ4v) is 3.83. The zero-order chi connectivity index (χ0) is 22.2. The van der Waals surface area contributed by atoms with Crippen LogP contribution in [0, 0.1) is 25.2 Å². The second kappa shape index (κ2) is 10.6. The van der Waals surface area contributed by atoms with E-state index in [0.717, 1.165) is 17.1 Å². The zero-order valence-corrected chi connectivity index (χ0v) is 18.7. The van der Waals surface area contributed by atoms with Crippen molar-refractivity contribution in [3.05, 3.63) is 59.9 Å². The molecule has 1 aromatic heterocycles. The van der Waals surface area contributed by atoms with Crippen molar-refractivity contribution < 1.29 is 9.53 Å². The summed E-state index contributed by atoms with van der Waals surface area (Å²) in [7, 11) is 0. The van der Waals surface area contributed by atoms with E-state index in [0.29, 0.717) is 18.3 Å². The molecule has 8 heteroatoms. The van der Waals surface area contributed by atoms with Gasteiger partial charge in [-0.1, -0.05) is 17.8 Å². The lowest BCUT2D eigenvalue weighted by molar-refractivity contribution is -0.116. The summed E-state index contributed by atoms with van der Waals surface area (Å²) in [6.45, 7) is 6.95. The molecule has 0 radical (unpaired) electrons. The van der Waals surface area contributed by atoms with E-state index in [-0.39, 0.29) is 18.1 Å². The summed E-state index contributed by atoms with van der Waals surface area (Å²) in [6, 6.07) is 15.6. The van der Waals surface area contributed by atoms with Gasteiger partial charge in [-0.25, -0.2) is 0 Å². The summed E-state index contributed by atoms with van der Waals surface area (Å²) in [5.74, 6) is 0.830. The lowest BCUT2D eigenvalue weighted by atomic mass is 10.1. The number of benzene rings is 2. The first kappa shape index (κ1) is 22.4. The molecule has 3 rings (SSSR count). The highest BCUT2D eigenvalue weighted by atomic mass is 32.2. The molecule has 0 saturated heterocycles. The molecule has 0 aliphatic carbocycles. The summed E-state index contributed by atoms with van der Waals surface area (Å²) >= 11 is 1.32. The number of carbonyl (C=O) groups is 1. The predicted octanol–water partition coefficient (Wildman–Crippen LogP) is 4.32. The van der Waals surface area contributed by atoms with Gasteiger partial charge in [0.05, 0.1) is 24.8 Å². The van der Waals surface area contributed by atoms with Gasteiger partial charge in [-0.3, -0.25) is 9.36 Å². The van der Waals surface area contributed by atoms with E-state index in [1.54, 1.807) is 11.2 Å². The number of hydrogen-bond donors (Lipinski definition) is 0. The molecule has 0 aliphatic heterocycles. The van der Waals surface area contributed by atoms with Crippen molar-refractivity contribution in [2.75, 3.05) is 23.8 Å². The third kappa shape index (κ3) is 5.64. The van der Waals surface area contributed by atoms with Crippen LogP contribution in [0.3, 0.4) is 0 Å². The van der Waals surface area contributed by atoms with Crippen LogP contribution < -0.4 is 9.64 Å². The number of rotatable bonds is 9. The molecular formula is C23H25N5O2S. The van der Waals surface area contributed by atoms with Gasteiger partial charge in [0.1, 0.15) is 12.1 Å². The van der Waals surface area contributed by atoms with Gasteiger partial charge in [0.25, 0.3) is 0 Å². The van der Waals surface area contributed by atoms with Crippen LogP contribution in [-0.4, -0.2) is 39.6 Å². The van der Waals surface area contributed by atoms with Crippen LogP contribution in [0.15, 0.2) is 53.9 Å². The molecule has 0 fully saturated rings. The highest BCUT2D eigenvalue weighted by Gasteiger charge is 2.18. The van der Waals surface area contributed by atoms with Crippen molar-refractivity contribution in [2.45, 2.75) is 32.3 Å². The minimum Gasteiger partial charge on any atom is -0.494 e. The van der Waals surface area contributed by atoms with Crippen LogP contribution in [0.4, 0.5) is 5.69 Å². The predicted molar refractivity (Wildman–Crippen MR) is 122 cm³/mol. The number of nitrogens with zero attached hydrogens (tertiary/aromatic N) is 5. The zero-order valence-electron chi connectivity index (χ0n) is 17.9. The number of aromatic nitrogens is 3. The van der Waals surface area contributed by atoms with Gasteiger partial charge >= 0.3 is 0 Å². The van der Waals surface area contributed by atoms with E-state index in [4.69, 9.17) is 10.00 Å². The summed E-state index contributed by atoms with van der Waals surface area (Å²) in [6.07, 6.45) is 1.90. The number of anilines is 1. The molecule has 2 aromatic carbocycles. The minimum atomic E-state index is -0.0981. The smallest absolute Gasteiger partial charge is 0.237 e. The standard InChI is InChI=1S/C23H25N5O2S/c1-4-30-21-10-8-19(9-11-21)27(13-5-12-24)22(29)15-31-23-26-25-16-28(23)20-7-6-17(2)18(3)14-20/h6-11,14,16H,4-5,13,15H2,1-3H3. The van der Waals surface area contributed by atoms with Crippen LogP contribution in [0.2, 0.25) is 0 Å². The first-order chi connectivity index (χ1) is 15.0. The summed E-state index contributed by atoms with van der Waals surface area (Å²) in [5, 5.41) is 17.8. The number of ether oxygens (including phenoxy) is 1. The highest BCUT2D eigenvalue weighted by Crippen LogP contribution is 2.24. The average molecular weight is 436 g/mol. The van der Waals surface area contributed by atoms with E-state index in [1.165, 1.54) is 22.9 Å².